The predicted molar refractivity (Wildman–Crippen MR) is 77.2 cm³/mol. The van der Waals surface area contributed by atoms with Crippen LogP contribution in [0.2, 0.25) is 0 Å². The van der Waals surface area contributed by atoms with E-state index in [0.717, 1.165) is 18.0 Å². The van der Waals surface area contributed by atoms with E-state index in [1.54, 1.807) is 0 Å². The Morgan fingerprint density at radius 1 is 1.32 bits per heavy atom. The van der Waals surface area contributed by atoms with E-state index in [-0.39, 0.29) is 5.84 Å². The minimum Gasteiger partial charge on any atom is -0.409 e. The summed E-state index contributed by atoms with van der Waals surface area (Å²) in [5, 5.41) is 15.2. The molecule has 0 aliphatic heterocycles. The number of nitrogens with zero attached hydrogens (tertiary/aromatic N) is 1. The van der Waals surface area contributed by atoms with Crippen LogP contribution in [0.4, 0.5) is 0 Å². The average Bonchev–Trinajstić information content (AvgIpc) is 2.46. The van der Waals surface area contributed by atoms with Gasteiger partial charge in [-0.15, -0.1) is 0 Å². The molecule has 0 saturated heterocycles. The van der Waals surface area contributed by atoms with E-state index in [1.165, 1.54) is 31.2 Å². The second-order valence-electron chi connectivity index (χ2n) is 5.43. The number of amidine groups is 1. The van der Waals surface area contributed by atoms with E-state index in [9.17, 15) is 0 Å². The van der Waals surface area contributed by atoms with Crippen LogP contribution in [0.3, 0.4) is 0 Å². The Bertz CT molecular complexity index is 428. The van der Waals surface area contributed by atoms with Crippen molar-refractivity contribution in [2.24, 2.45) is 16.8 Å². The lowest BCUT2D eigenvalue weighted by atomic mass is 9.86. The number of oxime groups is 1. The molecule has 1 saturated carbocycles. The molecule has 19 heavy (non-hydrogen) atoms. The molecule has 0 radical (unpaired) electrons. The molecule has 0 heterocycles. The van der Waals surface area contributed by atoms with Crippen LogP contribution in [0.1, 0.15) is 43.7 Å². The van der Waals surface area contributed by atoms with Gasteiger partial charge in [-0.1, -0.05) is 49.2 Å². The summed E-state index contributed by atoms with van der Waals surface area (Å²) in [7, 11) is 0. The van der Waals surface area contributed by atoms with Crippen molar-refractivity contribution in [1.29, 1.82) is 0 Å². The van der Waals surface area contributed by atoms with Crippen molar-refractivity contribution in [2.75, 3.05) is 0 Å². The molecule has 0 aromatic heterocycles. The summed E-state index contributed by atoms with van der Waals surface area (Å²) in [4.78, 5) is 0. The molecule has 2 atom stereocenters. The lowest BCUT2D eigenvalue weighted by Gasteiger charge is -2.29. The third kappa shape index (κ3) is 3.70. The van der Waals surface area contributed by atoms with Gasteiger partial charge >= 0.3 is 0 Å². The van der Waals surface area contributed by atoms with E-state index in [0.29, 0.717) is 6.04 Å². The number of nitrogens with two attached hydrogens (primary N) is 1. The van der Waals surface area contributed by atoms with E-state index in [2.05, 4.69) is 17.4 Å². The fourth-order valence-electron chi connectivity index (χ4n) is 2.72. The summed E-state index contributed by atoms with van der Waals surface area (Å²) in [6.07, 6.45) is 5.32. The van der Waals surface area contributed by atoms with Gasteiger partial charge in [0.25, 0.3) is 0 Å². The third-order valence-electron chi connectivity index (χ3n) is 4.04. The van der Waals surface area contributed by atoms with Gasteiger partial charge < -0.3 is 16.3 Å². The zero-order valence-electron chi connectivity index (χ0n) is 11.5. The SMILES string of the molecule is CC1CCCCC1NCc1ccc(C(N)=NO)cc1. The highest BCUT2D eigenvalue weighted by Crippen LogP contribution is 2.23. The van der Waals surface area contributed by atoms with E-state index in [1.807, 2.05) is 24.3 Å². The number of benzene rings is 1. The Morgan fingerprint density at radius 3 is 2.63 bits per heavy atom. The summed E-state index contributed by atoms with van der Waals surface area (Å²) in [5.74, 6) is 0.922. The van der Waals surface area contributed by atoms with Crippen LogP contribution >= 0.6 is 0 Å². The maximum atomic E-state index is 8.61. The number of hydrogen-bond donors (Lipinski definition) is 3. The average molecular weight is 261 g/mol. The van der Waals surface area contributed by atoms with Gasteiger partial charge in [-0.3, -0.25) is 0 Å². The van der Waals surface area contributed by atoms with E-state index >= 15 is 0 Å². The zero-order chi connectivity index (χ0) is 13.7. The molecule has 4 heteroatoms. The van der Waals surface area contributed by atoms with Gasteiger partial charge in [0.1, 0.15) is 0 Å². The van der Waals surface area contributed by atoms with Gasteiger partial charge in [-0.05, 0) is 24.3 Å². The molecule has 0 amide bonds. The normalized spacial score (nSPS) is 24.4. The van der Waals surface area contributed by atoms with Gasteiger partial charge in [0.05, 0.1) is 0 Å². The van der Waals surface area contributed by atoms with Gasteiger partial charge in [-0.2, -0.15) is 0 Å². The quantitative estimate of drug-likeness (QED) is 0.337. The monoisotopic (exact) mass is 261 g/mol. The Kier molecular flexibility index (Phi) is 4.80. The molecule has 4 N–H and O–H groups in total. The van der Waals surface area contributed by atoms with Crippen molar-refractivity contribution in [3.8, 4) is 0 Å². The number of hydrogen-bond acceptors (Lipinski definition) is 3. The Hall–Kier alpha value is -1.55. The molecule has 1 aliphatic rings. The number of rotatable bonds is 4. The molecular weight excluding hydrogens is 238 g/mol. The lowest BCUT2D eigenvalue weighted by Crippen LogP contribution is -2.36. The van der Waals surface area contributed by atoms with Gasteiger partial charge in [0, 0.05) is 18.2 Å². The molecule has 2 rings (SSSR count). The van der Waals surface area contributed by atoms with Crippen molar-refractivity contribution >= 4 is 5.84 Å². The smallest absolute Gasteiger partial charge is 0.170 e. The van der Waals surface area contributed by atoms with Crippen molar-refractivity contribution in [3.63, 3.8) is 0 Å². The molecule has 1 aliphatic carbocycles. The lowest BCUT2D eigenvalue weighted by molar-refractivity contribution is 0.279. The molecule has 0 bridgehead atoms. The first kappa shape index (κ1) is 13.9. The summed E-state index contributed by atoms with van der Waals surface area (Å²) >= 11 is 0. The van der Waals surface area contributed by atoms with Crippen molar-refractivity contribution < 1.29 is 5.21 Å². The molecule has 2 unspecified atom stereocenters. The standard InChI is InChI=1S/C15H23N3O/c1-11-4-2-3-5-14(11)17-10-12-6-8-13(9-7-12)15(16)18-19/h6-9,11,14,17,19H,2-5,10H2,1H3,(H2,16,18). The first-order valence-electron chi connectivity index (χ1n) is 7.01. The highest BCUT2D eigenvalue weighted by molar-refractivity contribution is 5.96. The van der Waals surface area contributed by atoms with Crippen LogP contribution < -0.4 is 11.1 Å². The molecular formula is C15H23N3O. The molecule has 1 aromatic carbocycles. The fraction of sp³-hybridized carbons (Fsp3) is 0.533. The van der Waals surface area contributed by atoms with Gasteiger partial charge in [-0.25, -0.2) is 0 Å². The second kappa shape index (κ2) is 6.57. The third-order valence-corrected chi connectivity index (χ3v) is 4.04. The maximum absolute atomic E-state index is 8.61. The fourth-order valence-corrected chi connectivity index (χ4v) is 2.72. The summed E-state index contributed by atoms with van der Waals surface area (Å²) in [6.45, 7) is 3.21. The Labute approximate surface area is 114 Å². The first-order valence-corrected chi connectivity index (χ1v) is 7.01. The summed E-state index contributed by atoms with van der Waals surface area (Å²) < 4.78 is 0. The minimum atomic E-state index is 0.153. The van der Waals surface area contributed by atoms with Crippen LogP contribution in [0.25, 0.3) is 0 Å². The highest BCUT2D eigenvalue weighted by atomic mass is 16.4. The zero-order valence-corrected chi connectivity index (χ0v) is 11.5. The molecule has 104 valence electrons. The van der Waals surface area contributed by atoms with Gasteiger partial charge in [0.15, 0.2) is 5.84 Å². The largest absolute Gasteiger partial charge is 0.409 e. The Morgan fingerprint density at radius 2 is 2.00 bits per heavy atom. The van der Waals surface area contributed by atoms with Crippen LogP contribution in [0.15, 0.2) is 29.4 Å². The minimum absolute atomic E-state index is 0.153. The van der Waals surface area contributed by atoms with Crippen LogP contribution in [-0.4, -0.2) is 17.1 Å². The Balaban J connectivity index is 1.89. The highest BCUT2D eigenvalue weighted by Gasteiger charge is 2.20. The summed E-state index contributed by atoms with van der Waals surface area (Å²) in [5.41, 5.74) is 7.51. The van der Waals surface area contributed by atoms with Crippen LogP contribution in [0.5, 0.6) is 0 Å². The van der Waals surface area contributed by atoms with E-state index in [4.69, 9.17) is 10.9 Å². The topological polar surface area (TPSA) is 70.6 Å². The van der Waals surface area contributed by atoms with E-state index < -0.39 is 0 Å². The molecule has 4 nitrogen and oxygen atoms in total. The maximum Gasteiger partial charge on any atom is 0.170 e. The van der Waals surface area contributed by atoms with Crippen molar-refractivity contribution in [2.45, 2.75) is 45.2 Å². The van der Waals surface area contributed by atoms with Gasteiger partial charge in [0.2, 0.25) is 0 Å². The first-order chi connectivity index (χ1) is 9.20. The molecule has 1 fully saturated rings. The van der Waals surface area contributed by atoms with Crippen molar-refractivity contribution in [1.82, 2.24) is 5.32 Å². The second-order valence-corrected chi connectivity index (χ2v) is 5.43. The van der Waals surface area contributed by atoms with Crippen molar-refractivity contribution in [3.05, 3.63) is 35.4 Å². The van der Waals surface area contributed by atoms with Crippen LogP contribution in [0, 0.1) is 5.92 Å². The predicted octanol–water partition coefficient (Wildman–Crippen LogP) is 2.45. The van der Waals surface area contributed by atoms with Crippen LogP contribution in [-0.2, 0) is 6.54 Å². The number of nitrogens with one attached hydrogen (secondary N) is 1. The molecule has 0 spiro atoms. The summed E-state index contributed by atoms with van der Waals surface area (Å²) in [6, 6.07) is 8.45. The molecule has 1 aromatic rings.